The molecule has 1 aromatic rings. The third-order valence-corrected chi connectivity index (χ3v) is 3.46. The van der Waals surface area contributed by atoms with Gasteiger partial charge in [0.2, 0.25) is 0 Å². The van der Waals surface area contributed by atoms with Crippen LogP contribution >= 0.6 is 11.6 Å². The standard InChI is InChI=1S/C13H15ClFNO2/c1-18-9-6-12(16-7-9)13(17)5-8-2-3-11(15)10(14)4-8/h2-4,9,12,16H,5-7H2,1H3. The molecule has 1 heterocycles. The minimum absolute atomic E-state index is 0.0504. The van der Waals surface area contributed by atoms with Crippen LogP contribution in [0.1, 0.15) is 12.0 Å². The summed E-state index contributed by atoms with van der Waals surface area (Å²) in [6.45, 7) is 0.692. The Bertz CT molecular complexity index is 453. The minimum atomic E-state index is -0.466. The highest BCUT2D eigenvalue weighted by Gasteiger charge is 2.28. The van der Waals surface area contributed by atoms with Gasteiger partial charge in [-0.05, 0) is 24.1 Å². The molecule has 0 aliphatic carbocycles. The number of rotatable bonds is 4. The van der Waals surface area contributed by atoms with E-state index in [4.69, 9.17) is 16.3 Å². The van der Waals surface area contributed by atoms with Crippen LogP contribution < -0.4 is 5.32 Å². The number of ether oxygens (including phenoxy) is 1. The van der Waals surface area contributed by atoms with Crippen molar-refractivity contribution in [1.82, 2.24) is 5.32 Å². The van der Waals surface area contributed by atoms with Crippen LogP contribution in [0.5, 0.6) is 0 Å². The van der Waals surface area contributed by atoms with Crippen LogP contribution in [0, 0.1) is 5.82 Å². The van der Waals surface area contributed by atoms with Crippen LogP contribution in [0.4, 0.5) is 4.39 Å². The number of carbonyl (C=O) groups excluding carboxylic acids is 1. The minimum Gasteiger partial charge on any atom is -0.380 e. The monoisotopic (exact) mass is 271 g/mol. The summed E-state index contributed by atoms with van der Waals surface area (Å²) in [5.74, 6) is -0.386. The Morgan fingerprint density at radius 2 is 2.39 bits per heavy atom. The predicted octanol–water partition coefficient (Wildman–Crippen LogP) is 1.97. The van der Waals surface area contributed by atoms with Crippen LogP contribution in [-0.2, 0) is 16.0 Å². The van der Waals surface area contributed by atoms with Crippen molar-refractivity contribution in [2.75, 3.05) is 13.7 Å². The lowest BCUT2D eigenvalue weighted by Gasteiger charge is -2.09. The highest BCUT2D eigenvalue weighted by molar-refractivity contribution is 6.30. The van der Waals surface area contributed by atoms with E-state index in [1.807, 2.05) is 0 Å². The topological polar surface area (TPSA) is 38.3 Å². The zero-order chi connectivity index (χ0) is 13.1. The summed E-state index contributed by atoms with van der Waals surface area (Å²) in [5.41, 5.74) is 0.731. The average Bonchev–Trinajstić information content (AvgIpc) is 2.82. The molecule has 0 spiro atoms. The van der Waals surface area contributed by atoms with Crippen LogP contribution in [0.2, 0.25) is 5.02 Å². The van der Waals surface area contributed by atoms with Gasteiger partial charge >= 0.3 is 0 Å². The molecule has 0 saturated carbocycles. The summed E-state index contributed by atoms with van der Waals surface area (Å²) in [6.07, 6.45) is 1.04. The molecule has 1 N–H and O–H groups in total. The van der Waals surface area contributed by atoms with E-state index in [-0.39, 0.29) is 29.4 Å². The molecule has 2 atom stereocenters. The van der Waals surface area contributed by atoms with Gasteiger partial charge in [-0.3, -0.25) is 4.79 Å². The van der Waals surface area contributed by atoms with Crippen molar-refractivity contribution < 1.29 is 13.9 Å². The molecule has 18 heavy (non-hydrogen) atoms. The highest BCUT2D eigenvalue weighted by atomic mass is 35.5. The number of nitrogens with one attached hydrogen (secondary N) is 1. The lowest BCUT2D eigenvalue weighted by molar-refractivity contribution is -0.120. The van der Waals surface area contributed by atoms with Crippen LogP contribution in [0.15, 0.2) is 18.2 Å². The smallest absolute Gasteiger partial charge is 0.154 e. The van der Waals surface area contributed by atoms with Gasteiger partial charge in [0.25, 0.3) is 0 Å². The molecule has 1 saturated heterocycles. The van der Waals surface area contributed by atoms with Gasteiger partial charge in [0.05, 0.1) is 17.2 Å². The van der Waals surface area contributed by atoms with E-state index >= 15 is 0 Å². The molecule has 2 rings (SSSR count). The molecule has 0 amide bonds. The normalized spacial score (nSPS) is 23.3. The summed E-state index contributed by atoms with van der Waals surface area (Å²) in [4.78, 5) is 12.0. The Balaban J connectivity index is 1.97. The summed E-state index contributed by atoms with van der Waals surface area (Å²) in [6, 6.07) is 4.18. The predicted molar refractivity (Wildman–Crippen MR) is 67.3 cm³/mol. The Morgan fingerprint density at radius 3 is 3.00 bits per heavy atom. The number of benzene rings is 1. The average molecular weight is 272 g/mol. The molecule has 0 aromatic heterocycles. The zero-order valence-electron chi connectivity index (χ0n) is 10.1. The number of carbonyl (C=O) groups is 1. The van der Waals surface area contributed by atoms with E-state index in [9.17, 15) is 9.18 Å². The number of hydrogen-bond acceptors (Lipinski definition) is 3. The highest BCUT2D eigenvalue weighted by Crippen LogP contribution is 2.18. The van der Waals surface area contributed by atoms with Gasteiger partial charge in [0.1, 0.15) is 5.82 Å². The van der Waals surface area contributed by atoms with Crippen LogP contribution in [0.25, 0.3) is 0 Å². The Morgan fingerprint density at radius 1 is 1.61 bits per heavy atom. The number of hydrogen-bond donors (Lipinski definition) is 1. The number of methoxy groups -OCH3 is 1. The van der Waals surface area contributed by atoms with Crippen LogP contribution in [-0.4, -0.2) is 31.6 Å². The molecule has 5 heteroatoms. The maximum Gasteiger partial charge on any atom is 0.154 e. The second-order valence-corrected chi connectivity index (χ2v) is 4.85. The number of Topliss-reactive ketones (excluding diaryl/α,β-unsaturated/α-hetero) is 1. The molecular weight excluding hydrogens is 257 g/mol. The van der Waals surface area contributed by atoms with E-state index < -0.39 is 5.82 Å². The van der Waals surface area contributed by atoms with E-state index in [0.717, 1.165) is 5.56 Å². The Kier molecular flexibility index (Phi) is 4.32. The first kappa shape index (κ1) is 13.5. The van der Waals surface area contributed by atoms with Gasteiger partial charge in [-0.1, -0.05) is 17.7 Å². The third kappa shape index (κ3) is 3.07. The summed E-state index contributed by atoms with van der Waals surface area (Å²) >= 11 is 5.68. The van der Waals surface area contributed by atoms with Crippen molar-refractivity contribution in [2.45, 2.75) is 25.0 Å². The van der Waals surface area contributed by atoms with Gasteiger partial charge in [0.15, 0.2) is 5.78 Å². The molecule has 0 radical (unpaired) electrons. The van der Waals surface area contributed by atoms with E-state index in [1.54, 1.807) is 13.2 Å². The van der Waals surface area contributed by atoms with Gasteiger partial charge in [0, 0.05) is 20.1 Å². The van der Waals surface area contributed by atoms with Gasteiger partial charge in [-0.15, -0.1) is 0 Å². The SMILES string of the molecule is COC1CNC(C(=O)Cc2ccc(F)c(Cl)c2)C1. The number of halogens is 2. The second-order valence-electron chi connectivity index (χ2n) is 4.45. The fourth-order valence-electron chi connectivity index (χ4n) is 2.10. The van der Waals surface area contributed by atoms with Crippen molar-refractivity contribution in [3.05, 3.63) is 34.6 Å². The lowest BCUT2D eigenvalue weighted by atomic mass is 10.0. The molecule has 1 aliphatic rings. The van der Waals surface area contributed by atoms with Crippen molar-refractivity contribution in [2.24, 2.45) is 0 Å². The molecule has 3 nitrogen and oxygen atoms in total. The second kappa shape index (κ2) is 5.78. The maximum absolute atomic E-state index is 13.0. The van der Waals surface area contributed by atoms with Gasteiger partial charge in [-0.25, -0.2) is 4.39 Å². The zero-order valence-corrected chi connectivity index (χ0v) is 10.8. The number of ketones is 1. The quantitative estimate of drug-likeness (QED) is 0.910. The first-order valence-corrected chi connectivity index (χ1v) is 6.20. The fourth-order valence-corrected chi connectivity index (χ4v) is 2.31. The van der Waals surface area contributed by atoms with Gasteiger partial charge < -0.3 is 10.1 Å². The molecule has 1 aliphatic heterocycles. The van der Waals surface area contributed by atoms with Crippen LogP contribution in [0.3, 0.4) is 0 Å². The lowest BCUT2D eigenvalue weighted by Crippen LogP contribution is -2.31. The van der Waals surface area contributed by atoms with E-state index in [1.165, 1.54) is 12.1 Å². The molecular formula is C13H15ClFNO2. The summed E-state index contributed by atoms with van der Waals surface area (Å²) < 4.78 is 18.2. The molecule has 2 unspecified atom stereocenters. The molecule has 1 fully saturated rings. The Labute approximate surface area is 110 Å². The Hall–Kier alpha value is -0.970. The van der Waals surface area contributed by atoms with Crippen molar-refractivity contribution in [3.8, 4) is 0 Å². The first-order chi connectivity index (χ1) is 8.60. The summed E-state index contributed by atoms with van der Waals surface area (Å²) in [7, 11) is 1.64. The molecule has 98 valence electrons. The fraction of sp³-hybridized carbons (Fsp3) is 0.462. The molecule has 0 bridgehead atoms. The largest absolute Gasteiger partial charge is 0.380 e. The van der Waals surface area contributed by atoms with Gasteiger partial charge in [-0.2, -0.15) is 0 Å². The van der Waals surface area contributed by atoms with Crippen molar-refractivity contribution >= 4 is 17.4 Å². The first-order valence-electron chi connectivity index (χ1n) is 5.83. The molecule has 1 aromatic carbocycles. The maximum atomic E-state index is 13.0. The summed E-state index contributed by atoms with van der Waals surface area (Å²) in [5, 5.41) is 3.17. The van der Waals surface area contributed by atoms with E-state index in [0.29, 0.717) is 13.0 Å². The van der Waals surface area contributed by atoms with E-state index in [2.05, 4.69) is 5.32 Å². The van der Waals surface area contributed by atoms with Crippen molar-refractivity contribution in [1.29, 1.82) is 0 Å². The van der Waals surface area contributed by atoms with Crippen molar-refractivity contribution in [3.63, 3.8) is 0 Å². The third-order valence-electron chi connectivity index (χ3n) is 3.17.